The number of nitrogens with two attached hydrogens (primary N) is 1. The summed E-state index contributed by atoms with van der Waals surface area (Å²) in [6.07, 6.45) is -1.29. The molecule has 0 aliphatic rings. The highest BCUT2D eigenvalue weighted by atomic mass is 16.5. The van der Waals surface area contributed by atoms with Gasteiger partial charge in [0.15, 0.2) is 0 Å². The Labute approximate surface area is 72.1 Å². The molecule has 0 bridgehead atoms. The van der Waals surface area contributed by atoms with E-state index in [0.717, 1.165) is 0 Å². The van der Waals surface area contributed by atoms with Crippen LogP contribution in [0, 0.1) is 0 Å². The van der Waals surface area contributed by atoms with E-state index < -0.39 is 12.2 Å². The van der Waals surface area contributed by atoms with E-state index in [1.165, 1.54) is 7.11 Å². The number of hydrogen-bond acceptors (Lipinski definition) is 5. The summed E-state index contributed by atoms with van der Waals surface area (Å²) in [7, 11) is 1.50. The molecular weight excluding hydrogens is 162 g/mol. The van der Waals surface area contributed by atoms with Crippen LogP contribution in [0.4, 0.5) is 0 Å². The Morgan fingerprint density at radius 1 is 1.17 bits per heavy atom. The van der Waals surface area contributed by atoms with E-state index >= 15 is 0 Å². The summed E-state index contributed by atoms with van der Waals surface area (Å²) in [5, 5.41) is 18.0. The zero-order chi connectivity index (χ0) is 9.40. The van der Waals surface area contributed by atoms with Crippen LogP contribution in [0.1, 0.15) is 0 Å². The van der Waals surface area contributed by atoms with Crippen molar-refractivity contribution in [2.75, 3.05) is 33.5 Å². The predicted molar refractivity (Wildman–Crippen MR) is 43.8 cm³/mol. The highest BCUT2D eigenvalue weighted by Crippen LogP contribution is 1.88. The Hall–Kier alpha value is -0.200. The van der Waals surface area contributed by atoms with E-state index in [9.17, 15) is 0 Å². The fourth-order valence-electron chi connectivity index (χ4n) is 0.649. The Morgan fingerprint density at radius 2 is 1.75 bits per heavy atom. The molecule has 0 aliphatic carbocycles. The van der Waals surface area contributed by atoms with Gasteiger partial charge in [0.05, 0.1) is 25.9 Å². The van der Waals surface area contributed by atoms with Crippen molar-refractivity contribution < 1.29 is 19.7 Å². The fourth-order valence-corrected chi connectivity index (χ4v) is 0.649. The van der Waals surface area contributed by atoms with Gasteiger partial charge in [-0.1, -0.05) is 0 Å². The Kier molecular flexibility index (Phi) is 7.33. The second kappa shape index (κ2) is 7.45. The lowest BCUT2D eigenvalue weighted by atomic mass is 10.4. The van der Waals surface area contributed by atoms with Gasteiger partial charge in [-0.3, -0.25) is 0 Å². The molecule has 0 heterocycles. The van der Waals surface area contributed by atoms with Crippen LogP contribution < -0.4 is 5.73 Å². The quantitative estimate of drug-likeness (QED) is 0.435. The highest BCUT2D eigenvalue weighted by molar-refractivity contribution is 4.55. The molecule has 5 nitrogen and oxygen atoms in total. The van der Waals surface area contributed by atoms with Crippen LogP contribution in [0.5, 0.6) is 0 Å². The van der Waals surface area contributed by atoms with E-state index in [1.54, 1.807) is 0 Å². The minimum atomic E-state index is -0.653. The molecule has 74 valence electrons. The van der Waals surface area contributed by atoms with Crippen LogP contribution in [0.2, 0.25) is 0 Å². The fraction of sp³-hybridized carbons (Fsp3) is 1.00. The first kappa shape index (κ1) is 11.8. The van der Waals surface area contributed by atoms with Gasteiger partial charge in [0.25, 0.3) is 0 Å². The van der Waals surface area contributed by atoms with Crippen molar-refractivity contribution in [3.05, 3.63) is 0 Å². The third kappa shape index (κ3) is 6.51. The minimum absolute atomic E-state index is 0.150. The van der Waals surface area contributed by atoms with Crippen molar-refractivity contribution in [1.82, 2.24) is 0 Å². The summed E-state index contributed by atoms with van der Waals surface area (Å²) in [5.41, 5.74) is 5.13. The van der Waals surface area contributed by atoms with Gasteiger partial charge in [-0.2, -0.15) is 0 Å². The van der Waals surface area contributed by atoms with Gasteiger partial charge < -0.3 is 25.4 Å². The molecule has 5 heteroatoms. The minimum Gasteiger partial charge on any atom is -0.389 e. The first-order chi connectivity index (χ1) is 5.70. The number of aliphatic hydroxyl groups is 2. The van der Waals surface area contributed by atoms with Crippen molar-refractivity contribution in [3.8, 4) is 0 Å². The average molecular weight is 179 g/mol. The van der Waals surface area contributed by atoms with Gasteiger partial charge in [0, 0.05) is 13.7 Å². The number of hydrogen-bond donors (Lipinski definition) is 3. The summed E-state index contributed by atoms with van der Waals surface area (Å²) >= 11 is 0. The summed E-state index contributed by atoms with van der Waals surface area (Å²) < 4.78 is 9.61. The Morgan fingerprint density at radius 3 is 2.25 bits per heavy atom. The number of methoxy groups -OCH3 is 1. The van der Waals surface area contributed by atoms with Crippen LogP contribution in [-0.2, 0) is 9.47 Å². The maximum Gasteiger partial charge on any atom is 0.101 e. The summed E-state index contributed by atoms with van der Waals surface area (Å²) in [6, 6.07) is 0. The second-order valence-corrected chi connectivity index (χ2v) is 2.54. The monoisotopic (exact) mass is 179 g/mol. The number of rotatable bonds is 7. The zero-order valence-corrected chi connectivity index (χ0v) is 7.27. The summed E-state index contributed by atoms with van der Waals surface area (Å²) in [4.78, 5) is 0. The first-order valence-corrected chi connectivity index (χ1v) is 3.83. The average Bonchev–Trinajstić information content (AvgIpc) is 2.04. The largest absolute Gasteiger partial charge is 0.389 e. The molecule has 0 spiro atoms. The van der Waals surface area contributed by atoms with Crippen LogP contribution in [0.3, 0.4) is 0 Å². The molecule has 0 aromatic carbocycles. The number of ether oxygens (including phenoxy) is 2. The van der Waals surface area contributed by atoms with E-state index in [-0.39, 0.29) is 26.4 Å². The molecular formula is C7H17NO4. The smallest absolute Gasteiger partial charge is 0.101 e. The van der Waals surface area contributed by atoms with Gasteiger partial charge >= 0.3 is 0 Å². The van der Waals surface area contributed by atoms with Gasteiger partial charge in [-0.25, -0.2) is 0 Å². The van der Waals surface area contributed by atoms with Gasteiger partial charge in [0.1, 0.15) is 6.10 Å². The standard InChI is InChI=1S/C7H17NO4/c1-11-3-7(10)5-12-4-6(9)2-8/h6-7,9-10H,2-5,8H2,1H3. The first-order valence-electron chi connectivity index (χ1n) is 3.83. The van der Waals surface area contributed by atoms with Crippen LogP contribution in [0.25, 0.3) is 0 Å². The molecule has 2 atom stereocenters. The van der Waals surface area contributed by atoms with Crippen molar-refractivity contribution in [3.63, 3.8) is 0 Å². The van der Waals surface area contributed by atoms with E-state index in [1.807, 2.05) is 0 Å². The van der Waals surface area contributed by atoms with Crippen molar-refractivity contribution in [1.29, 1.82) is 0 Å². The van der Waals surface area contributed by atoms with Gasteiger partial charge in [0.2, 0.25) is 0 Å². The molecule has 0 fully saturated rings. The molecule has 12 heavy (non-hydrogen) atoms. The SMILES string of the molecule is COCC(O)COCC(O)CN. The van der Waals surface area contributed by atoms with E-state index in [2.05, 4.69) is 4.74 Å². The Balaban J connectivity index is 3.18. The molecule has 4 N–H and O–H groups in total. The maximum absolute atomic E-state index is 9.07. The zero-order valence-electron chi connectivity index (χ0n) is 7.27. The summed E-state index contributed by atoms with van der Waals surface area (Å²) in [6.45, 7) is 0.710. The lowest BCUT2D eigenvalue weighted by Crippen LogP contribution is -2.28. The molecule has 0 aromatic rings. The predicted octanol–water partition coefficient (Wildman–Crippen LogP) is -1.67. The number of aliphatic hydroxyl groups excluding tert-OH is 2. The molecule has 0 aliphatic heterocycles. The summed E-state index contributed by atoms with van der Waals surface area (Å²) in [5.74, 6) is 0. The Bertz CT molecular complexity index is 101. The molecule has 0 saturated carbocycles. The van der Waals surface area contributed by atoms with Crippen molar-refractivity contribution in [2.24, 2.45) is 5.73 Å². The highest BCUT2D eigenvalue weighted by Gasteiger charge is 2.05. The molecule has 2 unspecified atom stereocenters. The van der Waals surface area contributed by atoms with E-state index in [4.69, 9.17) is 20.7 Å². The second-order valence-electron chi connectivity index (χ2n) is 2.54. The van der Waals surface area contributed by atoms with E-state index in [0.29, 0.717) is 0 Å². The third-order valence-corrected chi connectivity index (χ3v) is 1.25. The maximum atomic E-state index is 9.07. The lowest BCUT2D eigenvalue weighted by Gasteiger charge is -2.12. The molecule has 0 amide bonds. The molecule has 0 rings (SSSR count). The van der Waals surface area contributed by atoms with Gasteiger partial charge in [-0.15, -0.1) is 0 Å². The van der Waals surface area contributed by atoms with Crippen molar-refractivity contribution in [2.45, 2.75) is 12.2 Å². The topological polar surface area (TPSA) is 84.9 Å². The molecule has 0 aromatic heterocycles. The van der Waals surface area contributed by atoms with Crippen LogP contribution in [-0.4, -0.2) is 55.9 Å². The normalized spacial score (nSPS) is 16.0. The van der Waals surface area contributed by atoms with Crippen molar-refractivity contribution >= 4 is 0 Å². The van der Waals surface area contributed by atoms with Gasteiger partial charge in [-0.05, 0) is 0 Å². The molecule has 0 saturated heterocycles. The molecule has 0 radical (unpaired) electrons. The van der Waals surface area contributed by atoms with Crippen LogP contribution >= 0.6 is 0 Å². The van der Waals surface area contributed by atoms with Crippen LogP contribution in [0.15, 0.2) is 0 Å². The third-order valence-electron chi connectivity index (χ3n) is 1.25. The lowest BCUT2D eigenvalue weighted by molar-refractivity contribution is -0.0294.